The van der Waals surface area contributed by atoms with Crippen LogP contribution >= 0.6 is 0 Å². The third-order valence-corrected chi connectivity index (χ3v) is 8.18. The molecule has 0 amide bonds. The van der Waals surface area contributed by atoms with Crippen molar-refractivity contribution >= 4 is 15.4 Å². The molecule has 2 atom stereocenters. The largest absolute Gasteiger partial charge is 0.386 e. The highest BCUT2D eigenvalue weighted by molar-refractivity contribution is 6.32. The highest BCUT2D eigenvalue weighted by Gasteiger charge is 2.19. The second kappa shape index (κ2) is 13.5. The summed E-state index contributed by atoms with van der Waals surface area (Å²) in [5.74, 6) is 0. The minimum absolute atomic E-state index is 0.0222. The van der Waals surface area contributed by atoms with Crippen LogP contribution in [0.2, 0.25) is 5.28 Å². The number of hydrogen-bond donors (Lipinski definition) is 0. The summed E-state index contributed by atoms with van der Waals surface area (Å²) in [5.41, 5.74) is 0. The van der Waals surface area contributed by atoms with Gasteiger partial charge in [0.2, 0.25) is 0 Å². The second-order valence-corrected chi connectivity index (χ2v) is 9.80. The Hall–Kier alpha value is 0.372. The molecular formula is C20H45AlN4. The molecule has 4 nitrogen and oxygen atoms in total. The third kappa shape index (κ3) is 8.73. The smallest absolute Gasteiger partial charge is 0.348 e. The van der Waals surface area contributed by atoms with E-state index in [4.69, 9.17) is 0 Å². The SMILES string of the molecule is CCN(CC)C(C)CCN1C[CH2][AlH][N](CCC(C)N(CC)CC)CC1. The lowest BCUT2D eigenvalue weighted by atomic mass is 10.2. The van der Waals surface area contributed by atoms with Crippen molar-refractivity contribution in [3.05, 3.63) is 0 Å². The van der Waals surface area contributed by atoms with Gasteiger partial charge in [0.15, 0.2) is 0 Å². The summed E-state index contributed by atoms with van der Waals surface area (Å²) in [7, 11) is 0. The van der Waals surface area contributed by atoms with Gasteiger partial charge in [-0.3, -0.25) is 0 Å². The fraction of sp³-hybridized carbons (Fsp3) is 1.00. The molecule has 5 heteroatoms. The Bertz CT molecular complexity index is 291. The molecule has 1 heterocycles. The van der Waals surface area contributed by atoms with E-state index in [1.165, 1.54) is 77.0 Å². The predicted molar refractivity (Wildman–Crippen MR) is 114 cm³/mol. The van der Waals surface area contributed by atoms with Gasteiger partial charge in [-0.25, -0.2) is 0 Å². The van der Waals surface area contributed by atoms with E-state index < -0.39 is 0 Å². The van der Waals surface area contributed by atoms with E-state index in [1.807, 2.05) is 0 Å². The maximum Gasteiger partial charge on any atom is 0.348 e. The molecule has 0 aromatic rings. The van der Waals surface area contributed by atoms with Gasteiger partial charge in [0.05, 0.1) is 0 Å². The maximum absolute atomic E-state index is 2.84. The van der Waals surface area contributed by atoms with Gasteiger partial charge in [0, 0.05) is 18.6 Å². The van der Waals surface area contributed by atoms with Crippen molar-refractivity contribution in [2.45, 2.75) is 71.8 Å². The van der Waals surface area contributed by atoms with Crippen LogP contribution in [0.25, 0.3) is 0 Å². The van der Waals surface area contributed by atoms with Gasteiger partial charge in [-0.15, -0.1) is 0 Å². The molecule has 1 saturated heterocycles. The van der Waals surface area contributed by atoms with Crippen LogP contribution in [0.15, 0.2) is 0 Å². The van der Waals surface area contributed by atoms with Crippen molar-refractivity contribution in [1.82, 2.24) is 18.6 Å². The fourth-order valence-electron chi connectivity index (χ4n) is 4.27. The molecule has 1 rings (SSSR count). The fourth-order valence-corrected chi connectivity index (χ4v) is 6.08. The van der Waals surface area contributed by atoms with Crippen LogP contribution in [0.3, 0.4) is 0 Å². The Morgan fingerprint density at radius 1 is 0.760 bits per heavy atom. The summed E-state index contributed by atoms with van der Waals surface area (Å²) >= 11 is -0.0222. The summed E-state index contributed by atoms with van der Waals surface area (Å²) in [4.78, 5) is 7.93. The van der Waals surface area contributed by atoms with Crippen LogP contribution in [0.4, 0.5) is 0 Å². The van der Waals surface area contributed by atoms with Crippen LogP contribution in [0, 0.1) is 0 Å². The molecule has 0 aromatic carbocycles. The van der Waals surface area contributed by atoms with Crippen LogP contribution in [-0.4, -0.2) is 105 Å². The first-order valence-corrected chi connectivity index (χ1v) is 12.6. The van der Waals surface area contributed by atoms with E-state index >= 15 is 0 Å². The van der Waals surface area contributed by atoms with Gasteiger partial charge in [0.25, 0.3) is 0 Å². The van der Waals surface area contributed by atoms with Gasteiger partial charge in [-0.2, -0.15) is 0 Å². The van der Waals surface area contributed by atoms with Crippen molar-refractivity contribution < 1.29 is 0 Å². The molecule has 148 valence electrons. The molecular weight excluding hydrogens is 323 g/mol. The molecule has 0 N–H and O–H groups in total. The van der Waals surface area contributed by atoms with E-state index in [1.54, 1.807) is 0 Å². The van der Waals surface area contributed by atoms with E-state index in [2.05, 4.69) is 60.1 Å². The lowest BCUT2D eigenvalue weighted by Crippen LogP contribution is -2.39. The first-order chi connectivity index (χ1) is 12.0. The molecule has 2 unspecified atom stereocenters. The first-order valence-electron chi connectivity index (χ1n) is 11.0. The van der Waals surface area contributed by atoms with Crippen LogP contribution in [0.5, 0.6) is 0 Å². The summed E-state index contributed by atoms with van der Waals surface area (Å²) in [6.07, 6.45) is 2.66. The summed E-state index contributed by atoms with van der Waals surface area (Å²) in [5, 5.41) is 1.47. The zero-order valence-electron chi connectivity index (χ0n) is 18.1. The van der Waals surface area contributed by atoms with E-state index in [-0.39, 0.29) is 15.4 Å². The molecule has 0 saturated carbocycles. The second-order valence-electron chi connectivity index (χ2n) is 7.75. The van der Waals surface area contributed by atoms with Gasteiger partial charge in [-0.05, 0) is 79.0 Å². The zero-order valence-corrected chi connectivity index (χ0v) is 19.6. The highest BCUT2D eigenvalue weighted by Crippen LogP contribution is 2.10. The van der Waals surface area contributed by atoms with Crippen molar-refractivity contribution in [2.75, 3.05) is 58.9 Å². The van der Waals surface area contributed by atoms with Crippen LogP contribution in [0.1, 0.15) is 54.4 Å². The van der Waals surface area contributed by atoms with Gasteiger partial charge < -0.3 is 18.6 Å². The lowest BCUT2D eigenvalue weighted by molar-refractivity contribution is 0.186. The van der Waals surface area contributed by atoms with E-state index in [0.717, 1.165) is 12.1 Å². The average molecular weight is 369 g/mol. The van der Waals surface area contributed by atoms with E-state index in [0.29, 0.717) is 0 Å². The van der Waals surface area contributed by atoms with Gasteiger partial charge in [-0.1, -0.05) is 33.0 Å². The molecule has 0 aromatic heterocycles. The molecule has 0 spiro atoms. The van der Waals surface area contributed by atoms with Crippen molar-refractivity contribution in [3.8, 4) is 0 Å². The minimum atomic E-state index is -0.0222. The van der Waals surface area contributed by atoms with Crippen molar-refractivity contribution in [3.63, 3.8) is 0 Å². The Morgan fingerprint density at radius 2 is 1.28 bits per heavy atom. The standard InChI is InChI=1S/C20H44N4.Al.H/c1-8-22(17-14-20(7)24(11-4)12-5)18-16-21-15-13-19(6)23(9-2)10-3;;/h19-20H,1,8-18H2,2-7H3;;/q-1;+1;. The molecule has 1 aliphatic rings. The van der Waals surface area contributed by atoms with Gasteiger partial charge in [0.1, 0.15) is 0 Å². The molecule has 0 bridgehead atoms. The van der Waals surface area contributed by atoms with Crippen LogP contribution in [-0.2, 0) is 0 Å². The average Bonchev–Trinajstić information content (AvgIpc) is 2.85. The zero-order chi connectivity index (χ0) is 18.7. The molecule has 0 radical (unpaired) electrons. The van der Waals surface area contributed by atoms with Crippen molar-refractivity contribution in [1.29, 1.82) is 0 Å². The Labute approximate surface area is 164 Å². The third-order valence-electron chi connectivity index (χ3n) is 6.28. The maximum atomic E-state index is 2.84. The molecule has 1 aliphatic heterocycles. The number of hydrogen-bond acceptors (Lipinski definition) is 4. The Morgan fingerprint density at radius 3 is 1.80 bits per heavy atom. The minimum Gasteiger partial charge on any atom is -0.386 e. The summed E-state index contributed by atoms with van der Waals surface area (Å²) < 4.78 is 2.84. The van der Waals surface area contributed by atoms with Crippen molar-refractivity contribution in [2.24, 2.45) is 0 Å². The van der Waals surface area contributed by atoms with E-state index in [9.17, 15) is 0 Å². The molecule has 0 aliphatic carbocycles. The summed E-state index contributed by atoms with van der Waals surface area (Å²) in [6, 6.07) is 1.46. The van der Waals surface area contributed by atoms with Crippen LogP contribution < -0.4 is 0 Å². The summed E-state index contributed by atoms with van der Waals surface area (Å²) in [6.45, 7) is 25.3. The number of rotatable bonds is 12. The predicted octanol–water partition coefficient (Wildman–Crippen LogP) is 2.61. The monoisotopic (exact) mass is 368 g/mol. The Balaban J connectivity index is 2.29. The first kappa shape index (κ1) is 23.4. The molecule has 25 heavy (non-hydrogen) atoms. The topological polar surface area (TPSA) is 13.0 Å². The number of nitrogens with zero attached hydrogens (tertiary/aromatic N) is 4. The lowest BCUT2D eigenvalue weighted by Gasteiger charge is -2.30. The quantitative estimate of drug-likeness (QED) is 0.491. The normalized spacial score (nSPS) is 19.8. The molecule has 1 fully saturated rings. The highest BCUT2D eigenvalue weighted by atomic mass is 27.1. The Kier molecular flexibility index (Phi) is 12.7. The van der Waals surface area contributed by atoms with Gasteiger partial charge >= 0.3 is 15.4 Å².